The number of rotatable bonds is 5. The molecule has 2 aliphatic rings. The minimum atomic E-state index is 0. The molecule has 0 radical (unpaired) electrons. The summed E-state index contributed by atoms with van der Waals surface area (Å²) in [5.41, 5.74) is 0.474. The van der Waals surface area contributed by atoms with Crippen LogP contribution in [0.15, 0.2) is 4.99 Å². The van der Waals surface area contributed by atoms with Crippen molar-refractivity contribution in [2.45, 2.75) is 25.7 Å². The maximum absolute atomic E-state index is 5.20. The van der Waals surface area contributed by atoms with E-state index in [2.05, 4.69) is 22.3 Å². The molecule has 1 aliphatic carbocycles. The van der Waals surface area contributed by atoms with Crippen LogP contribution in [0.25, 0.3) is 0 Å². The molecule has 100 valence electrons. The van der Waals surface area contributed by atoms with Gasteiger partial charge in [-0.15, -0.1) is 24.0 Å². The number of nitrogens with zero attached hydrogens (tertiary/aromatic N) is 2. The van der Waals surface area contributed by atoms with E-state index in [9.17, 15) is 0 Å². The lowest BCUT2D eigenvalue weighted by molar-refractivity contribution is 0.0729. The monoisotopic (exact) mass is 353 g/mol. The highest BCUT2D eigenvalue weighted by atomic mass is 127. The second kappa shape index (κ2) is 6.78. The predicted molar refractivity (Wildman–Crippen MR) is 81.1 cm³/mol. The average Bonchev–Trinajstić information content (AvgIpc) is 2.62. The molecule has 1 N–H and O–H groups in total. The second-order valence-corrected chi connectivity index (χ2v) is 5.08. The molecule has 0 aromatic carbocycles. The Balaban J connectivity index is 0.00000144. The Morgan fingerprint density at radius 2 is 2.24 bits per heavy atom. The summed E-state index contributed by atoms with van der Waals surface area (Å²) in [5.74, 6) is 1.07. The quantitative estimate of drug-likeness (QED) is 0.765. The molecule has 0 amide bonds. The highest BCUT2D eigenvalue weighted by Gasteiger charge is 2.36. The van der Waals surface area contributed by atoms with Crippen molar-refractivity contribution in [1.29, 1.82) is 0 Å². The summed E-state index contributed by atoms with van der Waals surface area (Å²) in [6.07, 6.45) is 5.21. The first kappa shape index (κ1) is 15.0. The molecule has 1 heterocycles. The Morgan fingerprint density at radius 1 is 1.47 bits per heavy atom. The first-order chi connectivity index (χ1) is 7.76. The van der Waals surface area contributed by atoms with Crippen LogP contribution in [-0.2, 0) is 4.74 Å². The van der Waals surface area contributed by atoms with Crippen LogP contribution in [0.4, 0.5) is 0 Å². The van der Waals surface area contributed by atoms with Crippen LogP contribution in [0.5, 0.6) is 0 Å². The van der Waals surface area contributed by atoms with Crippen molar-refractivity contribution in [3.63, 3.8) is 0 Å². The Labute approximate surface area is 121 Å². The summed E-state index contributed by atoms with van der Waals surface area (Å²) >= 11 is 0. The Hall–Kier alpha value is -0.0400. The molecule has 5 heteroatoms. The largest absolute Gasteiger partial charge is 0.385 e. The Kier molecular flexibility index (Phi) is 5.99. The van der Waals surface area contributed by atoms with Crippen molar-refractivity contribution in [2.24, 2.45) is 10.4 Å². The van der Waals surface area contributed by atoms with Gasteiger partial charge in [0.1, 0.15) is 0 Å². The summed E-state index contributed by atoms with van der Waals surface area (Å²) in [6, 6.07) is 0. The number of nitrogens with one attached hydrogen (secondary N) is 1. The lowest BCUT2D eigenvalue weighted by Gasteiger charge is -2.42. The van der Waals surface area contributed by atoms with E-state index in [-0.39, 0.29) is 24.0 Å². The summed E-state index contributed by atoms with van der Waals surface area (Å²) in [6.45, 7) is 3.92. The van der Waals surface area contributed by atoms with Crippen molar-refractivity contribution in [3.05, 3.63) is 0 Å². The van der Waals surface area contributed by atoms with E-state index < -0.39 is 0 Å². The van der Waals surface area contributed by atoms with Gasteiger partial charge in [0.2, 0.25) is 0 Å². The third-order valence-electron chi connectivity index (χ3n) is 3.93. The summed E-state index contributed by atoms with van der Waals surface area (Å²) in [5, 5.41) is 3.50. The molecule has 0 aromatic heterocycles. The van der Waals surface area contributed by atoms with Gasteiger partial charge >= 0.3 is 0 Å². The Morgan fingerprint density at radius 3 is 2.71 bits per heavy atom. The van der Waals surface area contributed by atoms with Gasteiger partial charge in [0, 0.05) is 33.9 Å². The van der Waals surface area contributed by atoms with E-state index in [4.69, 9.17) is 4.74 Å². The Bertz CT molecular complexity index is 266. The number of aliphatic imine (C=N–C) groups is 1. The third kappa shape index (κ3) is 3.71. The van der Waals surface area contributed by atoms with Crippen LogP contribution >= 0.6 is 24.0 Å². The van der Waals surface area contributed by atoms with E-state index in [1.165, 1.54) is 25.7 Å². The normalized spacial score (nSPS) is 21.5. The zero-order chi connectivity index (χ0) is 11.4. The zero-order valence-corrected chi connectivity index (χ0v) is 13.2. The summed E-state index contributed by atoms with van der Waals surface area (Å²) in [7, 11) is 3.88. The number of likely N-dealkylation sites (N-methyl/N-ethyl adjacent to an activating group) is 1. The molecular formula is C12H24IN3O. The van der Waals surface area contributed by atoms with Gasteiger partial charge in [-0.2, -0.15) is 0 Å². The fraction of sp³-hybridized carbons (Fsp3) is 0.917. The maximum Gasteiger partial charge on any atom is 0.193 e. The fourth-order valence-corrected chi connectivity index (χ4v) is 2.50. The van der Waals surface area contributed by atoms with Crippen molar-refractivity contribution in [3.8, 4) is 0 Å². The summed E-state index contributed by atoms with van der Waals surface area (Å²) < 4.78 is 5.20. The van der Waals surface area contributed by atoms with Gasteiger partial charge in [0.05, 0.1) is 6.54 Å². The first-order valence-corrected chi connectivity index (χ1v) is 6.24. The van der Waals surface area contributed by atoms with Crippen LogP contribution in [0.1, 0.15) is 25.7 Å². The predicted octanol–water partition coefficient (Wildman–Crippen LogP) is 1.70. The van der Waals surface area contributed by atoms with E-state index in [0.29, 0.717) is 5.41 Å². The number of hydrogen-bond acceptors (Lipinski definition) is 4. The zero-order valence-electron chi connectivity index (χ0n) is 10.9. The van der Waals surface area contributed by atoms with Gasteiger partial charge < -0.3 is 15.0 Å². The third-order valence-corrected chi connectivity index (χ3v) is 3.93. The molecule has 0 unspecified atom stereocenters. The van der Waals surface area contributed by atoms with Crippen LogP contribution in [-0.4, -0.2) is 51.3 Å². The maximum atomic E-state index is 5.20. The van der Waals surface area contributed by atoms with Crippen molar-refractivity contribution in [1.82, 2.24) is 10.2 Å². The molecule has 1 fully saturated rings. The molecule has 17 heavy (non-hydrogen) atoms. The fourth-order valence-electron chi connectivity index (χ4n) is 2.50. The molecule has 0 saturated heterocycles. The molecule has 1 aliphatic heterocycles. The van der Waals surface area contributed by atoms with Gasteiger partial charge in [0.25, 0.3) is 0 Å². The number of halogens is 1. The smallest absolute Gasteiger partial charge is 0.193 e. The molecule has 0 bridgehead atoms. The first-order valence-electron chi connectivity index (χ1n) is 6.24. The van der Waals surface area contributed by atoms with Gasteiger partial charge in [-0.3, -0.25) is 4.99 Å². The molecule has 0 atom stereocenters. The van der Waals surface area contributed by atoms with Crippen LogP contribution < -0.4 is 5.32 Å². The minimum absolute atomic E-state index is 0. The molecular weight excluding hydrogens is 329 g/mol. The van der Waals surface area contributed by atoms with Crippen molar-refractivity contribution in [2.75, 3.05) is 40.4 Å². The topological polar surface area (TPSA) is 36.9 Å². The molecule has 2 rings (SSSR count). The highest BCUT2D eigenvalue weighted by molar-refractivity contribution is 14.0. The van der Waals surface area contributed by atoms with Crippen LogP contribution in [0.2, 0.25) is 0 Å². The van der Waals surface area contributed by atoms with Crippen LogP contribution in [0.3, 0.4) is 0 Å². The van der Waals surface area contributed by atoms with E-state index in [0.717, 1.165) is 32.2 Å². The standard InChI is InChI=1S/C12H23N3O.HI/c1-15-8-7-13-11(15)14-10-12(4-3-5-12)6-9-16-2;/h3-10H2,1-2H3,(H,13,14);1H. The van der Waals surface area contributed by atoms with Gasteiger partial charge in [-0.1, -0.05) is 6.42 Å². The number of ether oxygens (including phenoxy) is 1. The van der Waals surface area contributed by atoms with Gasteiger partial charge in [-0.05, 0) is 24.7 Å². The minimum Gasteiger partial charge on any atom is -0.385 e. The molecule has 0 aromatic rings. The number of hydrogen-bond donors (Lipinski definition) is 1. The molecule has 4 nitrogen and oxygen atoms in total. The second-order valence-electron chi connectivity index (χ2n) is 5.08. The molecule has 0 spiro atoms. The SMILES string of the molecule is COCCC1(CNC2=NCCN2C)CCC1.I. The van der Waals surface area contributed by atoms with Crippen LogP contribution in [0, 0.1) is 5.41 Å². The average molecular weight is 353 g/mol. The van der Waals surface area contributed by atoms with E-state index in [1.807, 2.05) is 0 Å². The summed E-state index contributed by atoms with van der Waals surface area (Å²) in [4.78, 5) is 6.66. The molecule has 1 saturated carbocycles. The number of methoxy groups -OCH3 is 1. The van der Waals surface area contributed by atoms with Crippen molar-refractivity contribution < 1.29 is 4.74 Å². The van der Waals surface area contributed by atoms with Gasteiger partial charge in [-0.25, -0.2) is 0 Å². The van der Waals surface area contributed by atoms with Crippen molar-refractivity contribution >= 4 is 29.9 Å². The van der Waals surface area contributed by atoms with E-state index >= 15 is 0 Å². The van der Waals surface area contributed by atoms with Gasteiger partial charge in [0.15, 0.2) is 5.96 Å². The highest BCUT2D eigenvalue weighted by Crippen LogP contribution is 2.43. The van der Waals surface area contributed by atoms with E-state index in [1.54, 1.807) is 7.11 Å². The lowest BCUT2D eigenvalue weighted by Crippen LogP contribution is -2.46. The number of guanidine groups is 1. The lowest BCUT2D eigenvalue weighted by atomic mass is 9.67.